The minimum absolute atomic E-state index is 0.00364. The molecule has 0 saturated carbocycles. The van der Waals surface area contributed by atoms with Gasteiger partial charge in [-0.2, -0.15) is 0 Å². The predicted octanol–water partition coefficient (Wildman–Crippen LogP) is 0.370. The zero-order valence-electron chi connectivity index (χ0n) is 8.77. The molecule has 1 unspecified atom stereocenters. The summed E-state index contributed by atoms with van der Waals surface area (Å²) in [6.45, 7) is 6.22. The highest BCUT2D eigenvalue weighted by molar-refractivity contribution is 5.81. The molecule has 2 N–H and O–H groups in total. The van der Waals surface area contributed by atoms with E-state index < -0.39 is 5.41 Å². The van der Waals surface area contributed by atoms with Gasteiger partial charge in [0.15, 0.2) is 0 Å². The number of amides is 1. The highest BCUT2D eigenvalue weighted by Gasteiger charge is 2.26. The fourth-order valence-electron chi connectivity index (χ4n) is 0.886. The molecule has 0 fully saturated rings. The van der Waals surface area contributed by atoms with E-state index >= 15 is 0 Å². The molecule has 0 rings (SSSR count). The molecule has 0 radical (unpaired) electrons. The van der Waals surface area contributed by atoms with Gasteiger partial charge in [-0.05, 0) is 20.8 Å². The van der Waals surface area contributed by atoms with Gasteiger partial charge in [-0.15, -0.1) is 6.42 Å². The number of nitrogens with one attached hydrogen (secondary N) is 2. The van der Waals surface area contributed by atoms with Crippen molar-refractivity contribution >= 4 is 5.91 Å². The molecular formula is C10H18N2O. The van der Waals surface area contributed by atoms with Gasteiger partial charge in [-0.25, -0.2) is 0 Å². The number of hydrogen-bond acceptors (Lipinski definition) is 2. The summed E-state index contributed by atoms with van der Waals surface area (Å²) < 4.78 is 0. The summed E-state index contributed by atoms with van der Waals surface area (Å²) in [6, 6.07) is 0.00364. The minimum Gasteiger partial charge on any atom is -0.359 e. The van der Waals surface area contributed by atoms with Crippen LogP contribution < -0.4 is 10.6 Å². The Morgan fingerprint density at radius 3 is 2.54 bits per heavy atom. The van der Waals surface area contributed by atoms with Crippen molar-refractivity contribution in [3.05, 3.63) is 0 Å². The van der Waals surface area contributed by atoms with E-state index in [1.54, 1.807) is 7.05 Å². The molecule has 0 heterocycles. The lowest BCUT2D eigenvalue weighted by atomic mass is 9.92. The average Bonchev–Trinajstić information content (AvgIpc) is 2.12. The smallest absolute Gasteiger partial charge is 0.226 e. The third-order valence-electron chi connectivity index (χ3n) is 1.94. The van der Waals surface area contributed by atoms with Crippen molar-refractivity contribution in [2.75, 3.05) is 13.6 Å². The molecule has 1 amide bonds. The monoisotopic (exact) mass is 182 g/mol. The highest BCUT2D eigenvalue weighted by atomic mass is 16.2. The van der Waals surface area contributed by atoms with Crippen molar-refractivity contribution in [1.82, 2.24) is 10.6 Å². The Hall–Kier alpha value is -1.01. The first-order chi connectivity index (χ1) is 5.94. The zero-order valence-corrected chi connectivity index (χ0v) is 8.77. The molecule has 0 aliphatic heterocycles. The molecule has 1 atom stereocenters. The summed E-state index contributed by atoms with van der Waals surface area (Å²) in [5.74, 6) is 2.57. The normalized spacial score (nSPS) is 13.2. The van der Waals surface area contributed by atoms with Crippen molar-refractivity contribution in [2.45, 2.75) is 26.8 Å². The molecule has 0 bridgehead atoms. The molecule has 13 heavy (non-hydrogen) atoms. The first-order valence-corrected chi connectivity index (χ1v) is 4.35. The maximum atomic E-state index is 11.3. The van der Waals surface area contributed by atoms with Crippen LogP contribution in [0.5, 0.6) is 0 Å². The quantitative estimate of drug-likeness (QED) is 0.617. The first kappa shape index (κ1) is 12.0. The number of carbonyl (C=O) groups excluding carboxylic acids is 1. The summed E-state index contributed by atoms with van der Waals surface area (Å²) >= 11 is 0. The maximum Gasteiger partial charge on any atom is 0.226 e. The number of carbonyl (C=O) groups is 1. The first-order valence-electron chi connectivity index (χ1n) is 4.35. The van der Waals surface area contributed by atoms with Crippen LogP contribution in [-0.2, 0) is 4.79 Å². The van der Waals surface area contributed by atoms with Gasteiger partial charge in [-0.3, -0.25) is 4.79 Å². The molecule has 3 heteroatoms. The van der Waals surface area contributed by atoms with Crippen molar-refractivity contribution < 1.29 is 4.79 Å². The van der Waals surface area contributed by atoms with E-state index in [1.807, 2.05) is 20.8 Å². The summed E-state index contributed by atoms with van der Waals surface area (Å²) in [6.07, 6.45) is 5.20. The van der Waals surface area contributed by atoms with Crippen LogP contribution in [-0.4, -0.2) is 25.5 Å². The van der Waals surface area contributed by atoms with Crippen LogP contribution in [0.15, 0.2) is 0 Å². The third-order valence-corrected chi connectivity index (χ3v) is 1.94. The predicted molar refractivity (Wildman–Crippen MR) is 54.1 cm³/mol. The molecule has 0 aliphatic rings. The molecule has 3 nitrogen and oxygen atoms in total. The van der Waals surface area contributed by atoms with Gasteiger partial charge in [0.05, 0.1) is 11.5 Å². The van der Waals surface area contributed by atoms with Crippen LogP contribution in [0, 0.1) is 17.8 Å². The van der Waals surface area contributed by atoms with E-state index in [9.17, 15) is 4.79 Å². The molecule has 0 spiro atoms. The van der Waals surface area contributed by atoms with E-state index in [1.165, 1.54) is 0 Å². The van der Waals surface area contributed by atoms with Gasteiger partial charge in [-0.1, -0.05) is 5.92 Å². The maximum absolute atomic E-state index is 11.3. The van der Waals surface area contributed by atoms with Gasteiger partial charge < -0.3 is 10.6 Å². The van der Waals surface area contributed by atoms with Crippen LogP contribution >= 0.6 is 0 Å². The van der Waals surface area contributed by atoms with E-state index in [2.05, 4.69) is 16.6 Å². The standard InChI is InChI=1S/C10H18N2O/c1-6-8(2)12-7-10(3,4)9(13)11-5/h1,8,12H,7H2,2-5H3,(H,11,13). The minimum atomic E-state index is -0.417. The second-order valence-corrected chi connectivity index (χ2v) is 3.73. The van der Waals surface area contributed by atoms with Crippen LogP contribution in [0.25, 0.3) is 0 Å². The molecule has 0 aromatic heterocycles. The lowest BCUT2D eigenvalue weighted by Gasteiger charge is -2.23. The second-order valence-electron chi connectivity index (χ2n) is 3.73. The molecular weight excluding hydrogens is 164 g/mol. The number of terminal acetylenes is 1. The fourth-order valence-corrected chi connectivity index (χ4v) is 0.886. The molecule has 0 aromatic rings. The van der Waals surface area contributed by atoms with Crippen LogP contribution in [0.3, 0.4) is 0 Å². The van der Waals surface area contributed by atoms with Crippen molar-refractivity contribution in [1.29, 1.82) is 0 Å². The number of hydrogen-bond donors (Lipinski definition) is 2. The third kappa shape index (κ3) is 3.95. The Kier molecular flexibility index (Phi) is 4.50. The fraction of sp³-hybridized carbons (Fsp3) is 0.700. The van der Waals surface area contributed by atoms with E-state index in [-0.39, 0.29) is 11.9 Å². The Morgan fingerprint density at radius 2 is 2.15 bits per heavy atom. The van der Waals surface area contributed by atoms with Gasteiger partial charge in [0.2, 0.25) is 5.91 Å². The summed E-state index contributed by atoms with van der Waals surface area (Å²) in [4.78, 5) is 11.3. The van der Waals surface area contributed by atoms with E-state index in [0.29, 0.717) is 6.54 Å². The van der Waals surface area contributed by atoms with Crippen LogP contribution in [0.4, 0.5) is 0 Å². The Morgan fingerprint density at radius 1 is 1.62 bits per heavy atom. The van der Waals surface area contributed by atoms with Crippen molar-refractivity contribution in [3.8, 4) is 12.3 Å². The Bertz CT molecular complexity index is 215. The number of rotatable bonds is 4. The molecule has 0 aliphatic carbocycles. The van der Waals surface area contributed by atoms with Gasteiger partial charge in [0, 0.05) is 13.6 Å². The summed E-state index contributed by atoms with van der Waals surface area (Å²) in [7, 11) is 1.63. The highest BCUT2D eigenvalue weighted by Crippen LogP contribution is 2.13. The van der Waals surface area contributed by atoms with Crippen LogP contribution in [0.1, 0.15) is 20.8 Å². The molecule has 0 aromatic carbocycles. The van der Waals surface area contributed by atoms with Crippen molar-refractivity contribution in [2.24, 2.45) is 5.41 Å². The SMILES string of the molecule is C#CC(C)NCC(C)(C)C(=O)NC. The topological polar surface area (TPSA) is 41.1 Å². The van der Waals surface area contributed by atoms with Crippen molar-refractivity contribution in [3.63, 3.8) is 0 Å². The lowest BCUT2D eigenvalue weighted by molar-refractivity contribution is -0.128. The zero-order chi connectivity index (χ0) is 10.5. The average molecular weight is 182 g/mol. The summed E-state index contributed by atoms with van der Waals surface area (Å²) in [5, 5.41) is 5.71. The summed E-state index contributed by atoms with van der Waals surface area (Å²) in [5.41, 5.74) is -0.417. The lowest BCUT2D eigenvalue weighted by Crippen LogP contribution is -2.44. The largest absolute Gasteiger partial charge is 0.359 e. The van der Waals surface area contributed by atoms with Gasteiger partial charge >= 0.3 is 0 Å². The van der Waals surface area contributed by atoms with E-state index in [0.717, 1.165) is 0 Å². The van der Waals surface area contributed by atoms with E-state index in [4.69, 9.17) is 6.42 Å². The Balaban J connectivity index is 4.04. The molecule has 74 valence electrons. The van der Waals surface area contributed by atoms with Crippen LogP contribution in [0.2, 0.25) is 0 Å². The van der Waals surface area contributed by atoms with Gasteiger partial charge in [0.25, 0.3) is 0 Å². The second kappa shape index (κ2) is 4.88. The Labute approximate surface area is 80.3 Å². The van der Waals surface area contributed by atoms with Gasteiger partial charge in [0.1, 0.15) is 0 Å². The molecule has 0 saturated heterocycles.